The molecule has 0 bridgehead atoms. The quantitative estimate of drug-likeness (QED) is 0.566. The van der Waals surface area contributed by atoms with Crippen LogP contribution in [0.1, 0.15) is 13.3 Å². The smallest absolute Gasteiger partial charge is 0.0577 e. The topological polar surface area (TPSA) is 0 Å². The number of hydrogen-bond acceptors (Lipinski definition) is 2. The Hall–Kier alpha value is 0.700. The van der Waals surface area contributed by atoms with Crippen LogP contribution in [0.4, 0.5) is 0 Å². The number of hydrogen-bond donors (Lipinski definition) is 0. The molecule has 1 radical (unpaired) electrons. The predicted molar refractivity (Wildman–Crippen MR) is 45.4 cm³/mol. The van der Waals surface area contributed by atoms with Gasteiger partial charge in [0.15, 0.2) is 0 Å². The molecule has 0 aromatic heterocycles. The van der Waals surface area contributed by atoms with Crippen molar-refractivity contribution in [3.05, 3.63) is 6.92 Å². The molecule has 2 heteroatoms. The molecular weight excluding hydrogens is 136 g/mol. The van der Waals surface area contributed by atoms with Gasteiger partial charge >= 0.3 is 0 Å². The molecule has 0 fully saturated rings. The first kappa shape index (κ1) is 8.70. The number of rotatable bonds is 3. The predicted octanol–water partition coefficient (Wildman–Crippen LogP) is 2.65. The van der Waals surface area contributed by atoms with Gasteiger partial charge in [0.25, 0.3) is 0 Å². The molecule has 0 aromatic carbocycles. The molecular formula is C6H13S2. The van der Waals surface area contributed by atoms with Gasteiger partial charge in [0.2, 0.25) is 0 Å². The van der Waals surface area contributed by atoms with Gasteiger partial charge in [0, 0.05) is 0 Å². The van der Waals surface area contributed by atoms with Crippen molar-refractivity contribution < 1.29 is 0 Å². The van der Waals surface area contributed by atoms with Gasteiger partial charge in [-0.3, -0.25) is 0 Å². The Morgan fingerprint density at radius 1 is 1.38 bits per heavy atom. The van der Waals surface area contributed by atoms with E-state index in [0.717, 1.165) is 6.42 Å². The fourth-order valence-corrected chi connectivity index (χ4v) is 1.36. The first-order valence-electron chi connectivity index (χ1n) is 2.58. The lowest BCUT2D eigenvalue weighted by atomic mass is 10.4. The van der Waals surface area contributed by atoms with Gasteiger partial charge in [-0.15, -0.1) is 23.5 Å². The molecule has 0 aromatic rings. The molecule has 0 atom stereocenters. The van der Waals surface area contributed by atoms with Crippen LogP contribution in [0.25, 0.3) is 0 Å². The summed E-state index contributed by atoms with van der Waals surface area (Å²) < 4.78 is 0.347. The molecule has 0 N–H and O–H groups in total. The second-order valence-electron chi connectivity index (χ2n) is 1.79. The van der Waals surface area contributed by atoms with Crippen LogP contribution < -0.4 is 0 Å². The highest BCUT2D eigenvalue weighted by Crippen LogP contribution is 2.35. The Balaban J connectivity index is 3.58. The van der Waals surface area contributed by atoms with Crippen molar-refractivity contribution in [2.45, 2.75) is 17.4 Å². The van der Waals surface area contributed by atoms with E-state index in [1.165, 1.54) is 0 Å². The van der Waals surface area contributed by atoms with Crippen molar-refractivity contribution in [3.8, 4) is 0 Å². The third kappa shape index (κ3) is 2.31. The summed E-state index contributed by atoms with van der Waals surface area (Å²) in [6.45, 7) is 6.08. The fraction of sp³-hybridized carbons (Fsp3) is 0.833. The molecule has 0 nitrogen and oxygen atoms in total. The van der Waals surface area contributed by atoms with E-state index in [2.05, 4.69) is 26.4 Å². The standard InChI is InChI=1S/C6H13S2/c1-5-6(2,7-3)8-4/h1,5H2,2-4H3. The van der Waals surface area contributed by atoms with Gasteiger partial charge in [0.1, 0.15) is 0 Å². The van der Waals surface area contributed by atoms with Gasteiger partial charge in [0.05, 0.1) is 4.08 Å². The highest BCUT2D eigenvalue weighted by atomic mass is 32.2. The minimum absolute atomic E-state index is 0.347. The molecule has 0 unspecified atom stereocenters. The van der Waals surface area contributed by atoms with Crippen LogP contribution >= 0.6 is 23.5 Å². The Morgan fingerprint density at radius 3 is 1.75 bits per heavy atom. The van der Waals surface area contributed by atoms with Crippen molar-refractivity contribution in [2.24, 2.45) is 0 Å². The first-order valence-corrected chi connectivity index (χ1v) is 5.03. The molecule has 49 valence electrons. The molecule has 0 heterocycles. The Kier molecular flexibility index (Phi) is 4.00. The van der Waals surface area contributed by atoms with Gasteiger partial charge in [-0.05, 0) is 25.9 Å². The average Bonchev–Trinajstić information content (AvgIpc) is 1.87. The van der Waals surface area contributed by atoms with E-state index in [4.69, 9.17) is 0 Å². The van der Waals surface area contributed by atoms with Crippen LogP contribution in [0, 0.1) is 6.92 Å². The van der Waals surface area contributed by atoms with E-state index in [1.807, 2.05) is 23.5 Å². The first-order chi connectivity index (χ1) is 3.68. The van der Waals surface area contributed by atoms with Crippen LogP contribution in [0.3, 0.4) is 0 Å². The van der Waals surface area contributed by atoms with Crippen molar-refractivity contribution in [1.82, 2.24) is 0 Å². The summed E-state index contributed by atoms with van der Waals surface area (Å²) in [6, 6.07) is 0. The highest BCUT2D eigenvalue weighted by molar-refractivity contribution is 8.17. The molecule has 0 amide bonds. The van der Waals surface area contributed by atoms with Crippen molar-refractivity contribution in [1.29, 1.82) is 0 Å². The molecule has 8 heavy (non-hydrogen) atoms. The lowest BCUT2D eigenvalue weighted by molar-refractivity contribution is 0.915. The maximum Gasteiger partial charge on any atom is 0.0577 e. The van der Waals surface area contributed by atoms with Crippen molar-refractivity contribution in [2.75, 3.05) is 12.5 Å². The lowest BCUT2D eigenvalue weighted by Gasteiger charge is -2.22. The lowest BCUT2D eigenvalue weighted by Crippen LogP contribution is -2.10. The fourth-order valence-electron chi connectivity index (χ4n) is 0.287. The zero-order valence-corrected chi connectivity index (χ0v) is 7.36. The van der Waals surface area contributed by atoms with Crippen LogP contribution in [0.5, 0.6) is 0 Å². The molecule has 0 aliphatic heterocycles. The van der Waals surface area contributed by atoms with Crippen LogP contribution in [0.15, 0.2) is 0 Å². The van der Waals surface area contributed by atoms with Gasteiger partial charge in [-0.1, -0.05) is 6.92 Å². The summed E-state index contributed by atoms with van der Waals surface area (Å²) in [6.07, 6.45) is 5.25. The molecule has 0 rings (SSSR count). The Labute approximate surface area is 60.8 Å². The normalized spacial score (nSPS) is 12.0. The third-order valence-electron chi connectivity index (χ3n) is 1.32. The molecule has 0 saturated heterocycles. The Bertz CT molecular complexity index is 49.3. The van der Waals surface area contributed by atoms with E-state index >= 15 is 0 Å². The van der Waals surface area contributed by atoms with Crippen molar-refractivity contribution in [3.63, 3.8) is 0 Å². The maximum absolute atomic E-state index is 3.86. The second kappa shape index (κ2) is 3.67. The molecule has 0 aliphatic carbocycles. The van der Waals surface area contributed by atoms with Crippen LogP contribution in [0.2, 0.25) is 0 Å². The van der Waals surface area contributed by atoms with Gasteiger partial charge < -0.3 is 0 Å². The molecule has 0 saturated carbocycles. The number of thioether (sulfide) groups is 2. The molecule has 0 spiro atoms. The van der Waals surface area contributed by atoms with E-state index in [1.54, 1.807) is 0 Å². The second-order valence-corrected chi connectivity index (χ2v) is 4.67. The Morgan fingerprint density at radius 2 is 1.75 bits per heavy atom. The van der Waals surface area contributed by atoms with Crippen LogP contribution in [-0.2, 0) is 0 Å². The summed E-state index contributed by atoms with van der Waals surface area (Å²) in [7, 11) is 0. The van der Waals surface area contributed by atoms with Crippen LogP contribution in [-0.4, -0.2) is 16.6 Å². The largest absolute Gasteiger partial charge is 0.148 e. The molecule has 0 aliphatic rings. The summed E-state index contributed by atoms with van der Waals surface area (Å²) >= 11 is 3.75. The van der Waals surface area contributed by atoms with E-state index in [0.29, 0.717) is 4.08 Å². The monoisotopic (exact) mass is 149 g/mol. The summed E-state index contributed by atoms with van der Waals surface area (Å²) in [5.74, 6) is 0. The minimum atomic E-state index is 0.347. The van der Waals surface area contributed by atoms with E-state index < -0.39 is 0 Å². The van der Waals surface area contributed by atoms with E-state index in [-0.39, 0.29) is 0 Å². The third-order valence-corrected chi connectivity index (χ3v) is 4.45. The highest BCUT2D eigenvalue weighted by Gasteiger charge is 2.17. The minimum Gasteiger partial charge on any atom is -0.148 e. The van der Waals surface area contributed by atoms with Crippen molar-refractivity contribution >= 4 is 23.5 Å². The maximum atomic E-state index is 3.86. The van der Waals surface area contributed by atoms with Gasteiger partial charge in [-0.25, -0.2) is 0 Å². The summed E-state index contributed by atoms with van der Waals surface area (Å²) in [5, 5.41) is 0. The summed E-state index contributed by atoms with van der Waals surface area (Å²) in [4.78, 5) is 0. The zero-order chi connectivity index (χ0) is 6.62. The average molecular weight is 149 g/mol. The van der Waals surface area contributed by atoms with E-state index in [9.17, 15) is 0 Å². The summed E-state index contributed by atoms with van der Waals surface area (Å²) in [5.41, 5.74) is 0. The van der Waals surface area contributed by atoms with Gasteiger partial charge in [-0.2, -0.15) is 0 Å². The SMILES string of the molecule is [CH2]CC(C)(SC)SC. The zero-order valence-electron chi connectivity index (χ0n) is 5.73.